The Kier molecular flexibility index (Phi) is 8.68. The van der Waals surface area contributed by atoms with Crippen molar-refractivity contribution in [2.24, 2.45) is 7.05 Å². The average Bonchev–Trinajstić information content (AvgIpc) is 2.84. The van der Waals surface area contributed by atoms with Crippen molar-refractivity contribution in [3.8, 4) is 11.5 Å². The molecule has 0 aliphatic heterocycles. The van der Waals surface area contributed by atoms with Crippen LogP contribution in [0.5, 0.6) is 11.5 Å². The van der Waals surface area contributed by atoms with Crippen LogP contribution in [0, 0.1) is 0 Å². The molecular formula is C29H32N2O4. The summed E-state index contributed by atoms with van der Waals surface area (Å²) in [7, 11) is 1.61. The summed E-state index contributed by atoms with van der Waals surface area (Å²) in [6, 6.07) is 14.5. The zero-order chi connectivity index (χ0) is 25.4. The Labute approximate surface area is 205 Å². The molecule has 2 aromatic carbocycles. The Morgan fingerprint density at radius 3 is 2.54 bits per heavy atom. The SMILES string of the molecule is CC(C)=CCC/C(C)=C/COc1c(O)c2ccc(NC(=O)/C=C/c3ccccc3)cc2n(C)c1=O. The first kappa shape index (κ1) is 25.6. The number of carbonyl (C=O) groups is 1. The van der Waals surface area contributed by atoms with Crippen LogP contribution in [-0.2, 0) is 11.8 Å². The summed E-state index contributed by atoms with van der Waals surface area (Å²) < 4.78 is 7.08. The number of nitrogens with zero attached hydrogens (tertiary/aromatic N) is 1. The number of benzene rings is 2. The van der Waals surface area contributed by atoms with Gasteiger partial charge in [-0.2, -0.15) is 0 Å². The van der Waals surface area contributed by atoms with Crippen LogP contribution in [0.4, 0.5) is 5.69 Å². The monoisotopic (exact) mass is 472 g/mol. The van der Waals surface area contributed by atoms with E-state index in [2.05, 4.69) is 25.2 Å². The third-order valence-electron chi connectivity index (χ3n) is 5.57. The topological polar surface area (TPSA) is 80.6 Å². The molecule has 0 fully saturated rings. The number of rotatable bonds is 9. The molecule has 1 amide bonds. The first-order valence-electron chi connectivity index (χ1n) is 11.6. The van der Waals surface area contributed by atoms with Gasteiger partial charge in [-0.05, 0) is 69.5 Å². The fraction of sp³-hybridized carbons (Fsp3) is 0.241. The minimum atomic E-state index is -0.446. The normalized spacial score (nSPS) is 11.6. The minimum Gasteiger partial charge on any atom is -0.504 e. The van der Waals surface area contributed by atoms with E-state index in [0.29, 0.717) is 16.6 Å². The Morgan fingerprint density at radius 2 is 1.83 bits per heavy atom. The molecule has 0 bridgehead atoms. The van der Waals surface area contributed by atoms with E-state index in [1.807, 2.05) is 43.3 Å². The molecule has 6 heteroatoms. The Hall–Kier alpha value is -4.06. The average molecular weight is 473 g/mol. The van der Waals surface area contributed by atoms with Crippen molar-refractivity contribution in [3.05, 3.63) is 93.8 Å². The molecule has 6 nitrogen and oxygen atoms in total. The molecule has 0 unspecified atom stereocenters. The number of aromatic hydroxyl groups is 1. The lowest BCUT2D eigenvalue weighted by molar-refractivity contribution is -0.111. The van der Waals surface area contributed by atoms with Crippen molar-refractivity contribution in [2.45, 2.75) is 33.6 Å². The van der Waals surface area contributed by atoms with Crippen LogP contribution in [0.25, 0.3) is 17.0 Å². The van der Waals surface area contributed by atoms with Gasteiger partial charge in [0.2, 0.25) is 11.7 Å². The smallest absolute Gasteiger partial charge is 0.297 e. The van der Waals surface area contributed by atoms with Crippen LogP contribution in [0.2, 0.25) is 0 Å². The van der Waals surface area contributed by atoms with Crippen molar-refractivity contribution in [2.75, 3.05) is 11.9 Å². The van der Waals surface area contributed by atoms with E-state index in [0.717, 1.165) is 24.0 Å². The zero-order valence-electron chi connectivity index (χ0n) is 20.7. The van der Waals surface area contributed by atoms with Crippen LogP contribution in [-0.4, -0.2) is 22.2 Å². The van der Waals surface area contributed by atoms with Crippen molar-refractivity contribution in [3.63, 3.8) is 0 Å². The molecular weight excluding hydrogens is 440 g/mol. The summed E-state index contributed by atoms with van der Waals surface area (Å²) in [5, 5.41) is 14.0. The van der Waals surface area contributed by atoms with Gasteiger partial charge in [0, 0.05) is 24.2 Å². The van der Waals surface area contributed by atoms with Crippen LogP contribution >= 0.6 is 0 Å². The zero-order valence-corrected chi connectivity index (χ0v) is 20.7. The van der Waals surface area contributed by atoms with Gasteiger partial charge in [-0.1, -0.05) is 47.6 Å². The Bertz CT molecular complexity index is 1340. The fourth-order valence-electron chi connectivity index (χ4n) is 3.58. The molecule has 0 atom stereocenters. The Morgan fingerprint density at radius 1 is 1.09 bits per heavy atom. The van der Waals surface area contributed by atoms with E-state index in [-0.39, 0.29) is 24.0 Å². The minimum absolute atomic E-state index is 0.0871. The third kappa shape index (κ3) is 6.96. The molecule has 0 saturated carbocycles. The lowest BCUT2D eigenvalue weighted by Gasteiger charge is -2.13. The molecule has 0 aliphatic rings. The number of aromatic nitrogens is 1. The van der Waals surface area contributed by atoms with Crippen LogP contribution in [0.1, 0.15) is 39.2 Å². The molecule has 35 heavy (non-hydrogen) atoms. The van der Waals surface area contributed by atoms with E-state index in [9.17, 15) is 14.7 Å². The number of ether oxygens (including phenoxy) is 1. The summed E-state index contributed by atoms with van der Waals surface area (Å²) in [6.07, 6.45) is 9.13. The molecule has 1 aromatic heterocycles. The quantitative estimate of drug-likeness (QED) is 0.297. The number of allylic oxidation sites excluding steroid dienone is 3. The summed E-state index contributed by atoms with van der Waals surface area (Å²) >= 11 is 0. The van der Waals surface area contributed by atoms with Crippen molar-refractivity contribution in [1.29, 1.82) is 0 Å². The maximum absolute atomic E-state index is 12.9. The lowest BCUT2D eigenvalue weighted by Crippen LogP contribution is -2.20. The maximum Gasteiger partial charge on any atom is 0.297 e. The number of nitrogens with one attached hydrogen (secondary N) is 1. The molecule has 0 radical (unpaired) electrons. The lowest BCUT2D eigenvalue weighted by atomic mass is 10.1. The van der Waals surface area contributed by atoms with Crippen LogP contribution in [0.3, 0.4) is 0 Å². The standard InChI is InChI=1S/C29H32N2O4/c1-20(2)9-8-10-21(3)17-18-35-28-27(33)24-15-14-23(19-25(24)31(4)29(28)34)30-26(32)16-13-22-11-6-5-7-12-22/h5-7,9,11-17,19,33H,8,10,18H2,1-4H3,(H,30,32)/b16-13+,21-17+. The second-order valence-corrected chi connectivity index (χ2v) is 8.69. The van der Waals surface area contributed by atoms with E-state index in [4.69, 9.17) is 4.74 Å². The second-order valence-electron chi connectivity index (χ2n) is 8.69. The third-order valence-corrected chi connectivity index (χ3v) is 5.57. The number of amides is 1. The van der Waals surface area contributed by atoms with Gasteiger partial charge in [0.1, 0.15) is 6.61 Å². The van der Waals surface area contributed by atoms with E-state index in [1.165, 1.54) is 16.2 Å². The van der Waals surface area contributed by atoms with Gasteiger partial charge in [-0.15, -0.1) is 0 Å². The highest BCUT2D eigenvalue weighted by Crippen LogP contribution is 2.32. The van der Waals surface area contributed by atoms with Crippen LogP contribution in [0.15, 0.2) is 82.7 Å². The van der Waals surface area contributed by atoms with Gasteiger partial charge in [0.05, 0.1) is 5.52 Å². The highest BCUT2D eigenvalue weighted by atomic mass is 16.5. The fourth-order valence-corrected chi connectivity index (χ4v) is 3.58. The molecule has 1 heterocycles. The number of pyridine rings is 1. The summed E-state index contributed by atoms with van der Waals surface area (Å²) in [5.74, 6) is -0.592. The second kappa shape index (κ2) is 11.9. The van der Waals surface area contributed by atoms with Gasteiger partial charge >= 0.3 is 0 Å². The van der Waals surface area contributed by atoms with Gasteiger partial charge in [-0.25, -0.2) is 0 Å². The Balaban J connectivity index is 1.75. The van der Waals surface area contributed by atoms with Crippen molar-refractivity contribution < 1.29 is 14.6 Å². The molecule has 0 spiro atoms. The van der Waals surface area contributed by atoms with Gasteiger partial charge in [0.15, 0.2) is 5.75 Å². The highest BCUT2D eigenvalue weighted by molar-refractivity contribution is 6.03. The molecule has 0 aliphatic carbocycles. The molecule has 0 saturated heterocycles. The largest absolute Gasteiger partial charge is 0.504 e. The first-order chi connectivity index (χ1) is 16.8. The van der Waals surface area contributed by atoms with Gasteiger partial charge in [0.25, 0.3) is 5.56 Å². The summed E-state index contributed by atoms with van der Waals surface area (Å²) in [4.78, 5) is 25.2. The number of hydrogen-bond donors (Lipinski definition) is 2. The van der Waals surface area contributed by atoms with Crippen LogP contribution < -0.4 is 15.6 Å². The summed E-state index contributed by atoms with van der Waals surface area (Å²) in [5.41, 5.74) is 3.90. The van der Waals surface area contributed by atoms with E-state index < -0.39 is 5.56 Å². The molecule has 3 aromatic rings. The van der Waals surface area contributed by atoms with E-state index >= 15 is 0 Å². The highest BCUT2D eigenvalue weighted by Gasteiger charge is 2.16. The van der Waals surface area contributed by atoms with Crippen molar-refractivity contribution >= 4 is 28.6 Å². The first-order valence-corrected chi connectivity index (χ1v) is 11.6. The number of anilines is 1. The maximum atomic E-state index is 12.9. The number of aryl methyl sites for hydroxylation is 1. The predicted molar refractivity (Wildman–Crippen MR) is 143 cm³/mol. The number of fused-ring (bicyclic) bond motifs is 1. The number of carbonyl (C=O) groups excluding carboxylic acids is 1. The summed E-state index contributed by atoms with van der Waals surface area (Å²) in [6.45, 7) is 6.35. The number of hydrogen-bond acceptors (Lipinski definition) is 4. The van der Waals surface area contributed by atoms with E-state index in [1.54, 1.807) is 31.3 Å². The van der Waals surface area contributed by atoms with Gasteiger partial charge in [-0.3, -0.25) is 9.59 Å². The molecule has 3 rings (SSSR count). The predicted octanol–water partition coefficient (Wildman–Crippen LogP) is 5.97. The van der Waals surface area contributed by atoms with Crippen molar-refractivity contribution in [1.82, 2.24) is 4.57 Å². The molecule has 182 valence electrons. The van der Waals surface area contributed by atoms with Gasteiger partial charge < -0.3 is 19.7 Å². The molecule has 2 N–H and O–H groups in total.